The molecule has 5 heteroatoms. The number of nitrogens with two attached hydrogens (primary N) is 1. The van der Waals surface area contributed by atoms with E-state index in [1.807, 2.05) is 18.2 Å². The first-order valence-corrected chi connectivity index (χ1v) is 11.4. The van der Waals surface area contributed by atoms with Gasteiger partial charge >= 0.3 is 0 Å². The van der Waals surface area contributed by atoms with E-state index in [1.165, 1.54) is 0 Å². The van der Waals surface area contributed by atoms with E-state index in [1.54, 1.807) is 6.20 Å². The van der Waals surface area contributed by atoms with Gasteiger partial charge < -0.3 is 21.1 Å². The Hall–Kier alpha value is -1.01. The summed E-state index contributed by atoms with van der Waals surface area (Å²) in [5.41, 5.74) is 6.05. The van der Waals surface area contributed by atoms with E-state index in [0.717, 1.165) is 44.2 Å². The van der Waals surface area contributed by atoms with Crippen LogP contribution in [-0.4, -0.2) is 39.6 Å². The van der Waals surface area contributed by atoms with Gasteiger partial charge in [0, 0.05) is 18.2 Å². The third-order valence-corrected chi connectivity index (χ3v) is 9.52. The molecule has 0 bridgehead atoms. The summed E-state index contributed by atoms with van der Waals surface area (Å²) < 4.78 is 0. The first-order valence-electron chi connectivity index (χ1n) is 11.4. The fourth-order valence-electron chi connectivity index (χ4n) is 7.65. The maximum atomic E-state index is 11.8. The largest absolute Gasteiger partial charge is 0.396 e. The summed E-state index contributed by atoms with van der Waals surface area (Å²) in [7, 11) is 0. The fourth-order valence-corrected chi connectivity index (χ4v) is 7.65. The van der Waals surface area contributed by atoms with Crippen LogP contribution in [0.1, 0.15) is 64.5 Å². The summed E-state index contributed by atoms with van der Waals surface area (Å²) in [4.78, 5) is 4.53. The van der Waals surface area contributed by atoms with Crippen LogP contribution in [0.5, 0.6) is 0 Å². The van der Waals surface area contributed by atoms with Gasteiger partial charge in [0.2, 0.25) is 0 Å². The highest BCUT2D eigenvalue weighted by Gasteiger charge is 2.64. The van der Waals surface area contributed by atoms with Gasteiger partial charge in [-0.25, -0.2) is 0 Å². The van der Waals surface area contributed by atoms with Crippen molar-refractivity contribution in [3.8, 4) is 0 Å². The Labute approximate surface area is 174 Å². The summed E-state index contributed by atoms with van der Waals surface area (Å²) >= 11 is 0. The number of aliphatic hydroxyl groups excluding tert-OH is 2. The third-order valence-electron chi connectivity index (χ3n) is 9.52. The normalized spacial score (nSPS) is 47.7. The predicted molar refractivity (Wildman–Crippen MR) is 113 cm³/mol. The van der Waals surface area contributed by atoms with Crippen LogP contribution in [0.2, 0.25) is 0 Å². The maximum Gasteiger partial charge on any atom is 0.112 e. The molecule has 1 aromatic rings. The highest BCUT2D eigenvalue weighted by molar-refractivity contribution is 5.23. The lowest BCUT2D eigenvalue weighted by Crippen LogP contribution is -2.55. The van der Waals surface area contributed by atoms with Gasteiger partial charge in [0.25, 0.3) is 0 Å². The van der Waals surface area contributed by atoms with Crippen LogP contribution in [0.25, 0.3) is 0 Å². The molecule has 29 heavy (non-hydrogen) atoms. The maximum absolute atomic E-state index is 11.8. The van der Waals surface area contributed by atoms with E-state index in [9.17, 15) is 15.3 Å². The molecule has 0 saturated heterocycles. The van der Waals surface area contributed by atoms with Crippen molar-refractivity contribution in [3.63, 3.8) is 0 Å². The van der Waals surface area contributed by atoms with Crippen molar-refractivity contribution >= 4 is 0 Å². The summed E-state index contributed by atoms with van der Waals surface area (Å²) in [5, 5.41) is 32.1. The molecule has 0 aromatic carbocycles. The van der Waals surface area contributed by atoms with Gasteiger partial charge in [0.1, 0.15) is 5.60 Å². The van der Waals surface area contributed by atoms with Crippen LogP contribution < -0.4 is 5.73 Å². The van der Waals surface area contributed by atoms with Crippen LogP contribution in [0.3, 0.4) is 0 Å². The number of pyridine rings is 1. The Morgan fingerprint density at radius 2 is 1.86 bits per heavy atom. The van der Waals surface area contributed by atoms with Crippen LogP contribution >= 0.6 is 0 Å². The lowest BCUT2D eigenvalue weighted by atomic mass is 9.48. The second kappa shape index (κ2) is 7.60. The molecule has 162 valence electrons. The molecule has 1 heterocycles. The van der Waals surface area contributed by atoms with Gasteiger partial charge in [0.05, 0.1) is 11.8 Å². The lowest BCUT2D eigenvalue weighted by molar-refractivity contribution is -0.145. The van der Waals surface area contributed by atoms with E-state index in [-0.39, 0.29) is 29.5 Å². The minimum atomic E-state index is -0.905. The molecule has 0 aliphatic heterocycles. The number of rotatable bonds is 4. The zero-order chi connectivity index (χ0) is 20.9. The molecule has 3 aliphatic carbocycles. The van der Waals surface area contributed by atoms with E-state index >= 15 is 0 Å². The molecule has 4 rings (SSSR count). The van der Waals surface area contributed by atoms with Crippen molar-refractivity contribution in [2.24, 2.45) is 40.2 Å². The molecule has 3 saturated carbocycles. The first-order chi connectivity index (χ1) is 13.8. The van der Waals surface area contributed by atoms with Crippen molar-refractivity contribution < 1.29 is 15.3 Å². The Bertz CT molecular complexity index is 715. The molecule has 5 N–H and O–H groups in total. The molecule has 5 nitrogen and oxygen atoms in total. The van der Waals surface area contributed by atoms with Crippen molar-refractivity contribution in [2.45, 2.75) is 70.5 Å². The van der Waals surface area contributed by atoms with Gasteiger partial charge in [-0.05, 0) is 92.7 Å². The van der Waals surface area contributed by atoms with Crippen molar-refractivity contribution in [1.82, 2.24) is 4.98 Å². The Morgan fingerprint density at radius 1 is 1.10 bits per heavy atom. The quantitative estimate of drug-likeness (QED) is 0.621. The minimum absolute atomic E-state index is 0.00888. The Kier molecular flexibility index (Phi) is 5.56. The second-order valence-electron chi connectivity index (χ2n) is 10.5. The van der Waals surface area contributed by atoms with Crippen molar-refractivity contribution in [3.05, 3.63) is 30.1 Å². The van der Waals surface area contributed by atoms with Crippen LogP contribution in [0, 0.1) is 34.5 Å². The van der Waals surface area contributed by atoms with E-state index in [4.69, 9.17) is 5.73 Å². The number of hydrogen-bond donors (Lipinski definition) is 4. The van der Waals surface area contributed by atoms with Crippen LogP contribution in [0.4, 0.5) is 0 Å². The fraction of sp³-hybridized carbons (Fsp3) is 0.792. The summed E-state index contributed by atoms with van der Waals surface area (Å²) in [6.07, 6.45) is 7.55. The molecule has 0 amide bonds. The molecule has 0 spiro atoms. The molecule has 8 atom stereocenters. The molecular formula is C24H38N2O3. The molecular weight excluding hydrogens is 364 g/mol. The van der Waals surface area contributed by atoms with Gasteiger partial charge in [-0.15, -0.1) is 0 Å². The SMILES string of the molecule is CC1(C2CCC3(C)C(CCC3(O)c3ccccn3)C2CN)CCC(O)CC1CO. The second-order valence-corrected chi connectivity index (χ2v) is 10.5. The Balaban J connectivity index is 1.66. The smallest absolute Gasteiger partial charge is 0.112 e. The molecule has 0 radical (unpaired) electrons. The summed E-state index contributed by atoms with van der Waals surface area (Å²) in [6.45, 7) is 5.30. The zero-order valence-electron chi connectivity index (χ0n) is 17.9. The Morgan fingerprint density at radius 3 is 2.52 bits per heavy atom. The van der Waals surface area contributed by atoms with E-state index in [0.29, 0.717) is 30.7 Å². The van der Waals surface area contributed by atoms with Gasteiger partial charge in [0.15, 0.2) is 0 Å². The van der Waals surface area contributed by atoms with Gasteiger partial charge in [-0.3, -0.25) is 4.98 Å². The lowest BCUT2D eigenvalue weighted by Gasteiger charge is -2.58. The standard InChI is InChI=1S/C24H38N2O3/c1-22(9-6-17(28)13-16(22)15-27)19-7-10-23(2)20(18(19)14-25)8-11-24(23,29)21-5-3-4-12-26-21/h3-5,12,16-20,27-29H,6-11,13-15,25H2,1-2H3. The monoisotopic (exact) mass is 402 g/mol. The van der Waals surface area contributed by atoms with Crippen LogP contribution in [-0.2, 0) is 5.60 Å². The first kappa shape index (κ1) is 21.2. The highest BCUT2D eigenvalue weighted by atomic mass is 16.3. The average Bonchev–Trinajstić information content (AvgIpc) is 3.01. The zero-order valence-corrected chi connectivity index (χ0v) is 17.9. The number of fused-ring (bicyclic) bond motifs is 1. The third kappa shape index (κ3) is 3.08. The number of aliphatic hydroxyl groups is 3. The number of hydrogen-bond acceptors (Lipinski definition) is 5. The van der Waals surface area contributed by atoms with Gasteiger partial charge in [-0.1, -0.05) is 19.9 Å². The number of aromatic nitrogens is 1. The minimum Gasteiger partial charge on any atom is -0.396 e. The molecule has 3 fully saturated rings. The molecule has 1 aromatic heterocycles. The summed E-state index contributed by atoms with van der Waals surface area (Å²) in [5.74, 6) is 1.20. The van der Waals surface area contributed by atoms with Crippen molar-refractivity contribution in [2.75, 3.05) is 13.2 Å². The molecule has 3 aliphatic rings. The predicted octanol–water partition coefficient (Wildman–Crippen LogP) is 2.83. The van der Waals surface area contributed by atoms with Gasteiger partial charge in [-0.2, -0.15) is 0 Å². The van der Waals surface area contributed by atoms with E-state index < -0.39 is 5.60 Å². The number of nitrogens with zero attached hydrogens (tertiary/aromatic N) is 1. The van der Waals surface area contributed by atoms with E-state index in [2.05, 4.69) is 18.8 Å². The molecule has 8 unspecified atom stereocenters. The summed E-state index contributed by atoms with van der Waals surface area (Å²) in [6, 6.07) is 5.82. The van der Waals surface area contributed by atoms with Crippen LogP contribution in [0.15, 0.2) is 24.4 Å². The topological polar surface area (TPSA) is 99.6 Å². The average molecular weight is 403 g/mol. The van der Waals surface area contributed by atoms with Crippen molar-refractivity contribution in [1.29, 1.82) is 0 Å². The highest BCUT2D eigenvalue weighted by Crippen LogP contribution is 2.66.